The zero-order valence-corrected chi connectivity index (χ0v) is 18.1. The molecule has 3 nitrogen and oxygen atoms in total. The van der Waals surface area contributed by atoms with E-state index in [9.17, 15) is 22.8 Å². The highest BCUT2D eigenvalue weighted by Gasteiger charge is 2.66. The van der Waals surface area contributed by atoms with Gasteiger partial charge in [-0.15, -0.1) is 0 Å². The van der Waals surface area contributed by atoms with Crippen molar-refractivity contribution in [2.24, 2.45) is 11.8 Å². The molecule has 0 unspecified atom stereocenters. The standard InChI is InChI=1S/C26H17ClF3NO2/c1-25-16-8-4-2-6-14(16)20(15-7-3-5-9-17(15)25)21-22(25)24(33)31(23(21)32)19-12-13(26(28,29)30)10-11-18(19)27/h2-12,20-22H,1H3/t20?,21-,22-,25?/m1/s1. The summed E-state index contributed by atoms with van der Waals surface area (Å²) in [6, 6.07) is 18.3. The van der Waals surface area contributed by atoms with E-state index >= 15 is 0 Å². The third-order valence-electron chi connectivity index (χ3n) is 7.56. The molecule has 33 heavy (non-hydrogen) atoms. The van der Waals surface area contributed by atoms with Crippen molar-refractivity contribution in [1.82, 2.24) is 0 Å². The van der Waals surface area contributed by atoms with Crippen molar-refractivity contribution in [3.63, 3.8) is 0 Å². The lowest BCUT2D eigenvalue weighted by atomic mass is 9.48. The fraction of sp³-hybridized carbons (Fsp3) is 0.231. The van der Waals surface area contributed by atoms with Crippen LogP contribution in [0.1, 0.15) is 40.7 Å². The number of rotatable bonds is 1. The van der Waals surface area contributed by atoms with Gasteiger partial charge in [-0.1, -0.05) is 67.1 Å². The maximum absolute atomic E-state index is 13.8. The molecule has 4 aliphatic rings. The second-order valence-corrected chi connectivity index (χ2v) is 9.44. The quantitative estimate of drug-likeness (QED) is 0.416. The van der Waals surface area contributed by atoms with Crippen LogP contribution in [0.4, 0.5) is 18.9 Å². The van der Waals surface area contributed by atoms with Crippen LogP contribution in [0, 0.1) is 11.8 Å². The lowest BCUT2D eigenvalue weighted by Gasteiger charge is -2.52. The summed E-state index contributed by atoms with van der Waals surface area (Å²) in [5.41, 5.74) is 1.96. The Balaban J connectivity index is 1.58. The van der Waals surface area contributed by atoms with Gasteiger partial charge in [0.05, 0.1) is 28.1 Å². The zero-order valence-electron chi connectivity index (χ0n) is 17.4. The first-order chi connectivity index (χ1) is 15.7. The number of halogens is 4. The molecule has 1 fully saturated rings. The number of carbonyl (C=O) groups excluding carboxylic acids is 2. The van der Waals surface area contributed by atoms with Crippen LogP contribution in [-0.4, -0.2) is 11.8 Å². The largest absolute Gasteiger partial charge is 0.416 e. The van der Waals surface area contributed by atoms with Crippen LogP contribution in [-0.2, 0) is 21.2 Å². The number of imide groups is 1. The number of nitrogens with zero attached hydrogens (tertiary/aromatic N) is 1. The van der Waals surface area contributed by atoms with Gasteiger partial charge in [-0.05, 0) is 40.5 Å². The van der Waals surface area contributed by atoms with Crippen molar-refractivity contribution in [3.8, 4) is 0 Å². The van der Waals surface area contributed by atoms with Gasteiger partial charge in [0, 0.05) is 11.3 Å². The summed E-state index contributed by atoms with van der Waals surface area (Å²) in [7, 11) is 0. The molecular formula is C26H17ClF3NO2. The fourth-order valence-corrected chi connectivity index (χ4v) is 6.45. The van der Waals surface area contributed by atoms with Gasteiger partial charge in [0.2, 0.25) is 11.8 Å². The molecule has 7 heteroatoms. The molecular weight excluding hydrogens is 451 g/mol. The van der Waals surface area contributed by atoms with Gasteiger partial charge in [0.1, 0.15) is 0 Å². The lowest BCUT2D eigenvalue weighted by molar-refractivity contribution is -0.137. The van der Waals surface area contributed by atoms with E-state index in [-0.39, 0.29) is 16.6 Å². The molecule has 0 aromatic heterocycles. The summed E-state index contributed by atoms with van der Waals surface area (Å²) < 4.78 is 40.2. The molecule has 0 spiro atoms. The third-order valence-corrected chi connectivity index (χ3v) is 7.88. The lowest BCUT2D eigenvalue weighted by Crippen LogP contribution is -2.51. The van der Waals surface area contributed by atoms with E-state index in [2.05, 4.69) is 0 Å². The SMILES string of the molecule is CC12c3ccccc3C(c3ccccc31)[C@H]1C(=O)N(c3cc(C(F)(F)F)ccc3Cl)C(=O)[C@@H]12. The molecule has 1 saturated heterocycles. The summed E-state index contributed by atoms with van der Waals surface area (Å²) in [5, 5.41) is -0.0733. The topological polar surface area (TPSA) is 37.4 Å². The van der Waals surface area contributed by atoms with E-state index in [0.717, 1.165) is 45.4 Å². The minimum absolute atomic E-state index is 0.0733. The molecule has 2 atom stereocenters. The zero-order chi connectivity index (χ0) is 23.3. The number of carbonyl (C=O) groups is 2. The number of hydrogen-bond acceptors (Lipinski definition) is 2. The van der Waals surface area contributed by atoms with Gasteiger partial charge < -0.3 is 0 Å². The van der Waals surface area contributed by atoms with Crippen molar-refractivity contribution in [2.45, 2.75) is 24.4 Å². The molecule has 3 aromatic rings. The third kappa shape index (κ3) is 2.47. The summed E-state index contributed by atoms with van der Waals surface area (Å²) in [6.07, 6.45) is -4.63. The van der Waals surface area contributed by atoms with Crippen LogP contribution in [0.5, 0.6) is 0 Å². The minimum atomic E-state index is -4.63. The van der Waals surface area contributed by atoms with Gasteiger partial charge >= 0.3 is 6.18 Å². The Morgan fingerprint density at radius 2 is 1.45 bits per heavy atom. The molecule has 7 rings (SSSR count). The fourth-order valence-electron chi connectivity index (χ4n) is 6.25. The monoisotopic (exact) mass is 467 g/mol. The molecule has 0 radical (unpaired) electrons. The van der Waals surface area contributed by atoms with E-state index in [1.165, 1.54) is 0 Å². The van der Waals surface area contributed by atoms with Gasteiger partial charge in [-0.25, -0.2) is 4.90 Å². The summed E-state index contributed by atoms with van der Waals surface area (Å²) in [4.78, 5) is 28.5. The molecule has 166 valence electrons. The second-order valence-electron chi connectivity index (χ2n) is 9.03. The first-order valence-corrected chi connectivity index (χ1v) is 11.0. The molecule has 2 bridgehead atoms. The Kier molecular flexibility index (Phi) is 4.02. The van der Waals surface area contributed by atoms with E-state index in [1.54, 1.807) is 0 Å². The van der Waals surface area contributed by atoms with Crippen LogP contribution in [0.3, 0.4) is 0 Å². The van der Waals surface area contributed by atoms with Crippen LogP contribution in [0.15, 0.2) is 66.7 Å². The predicted molar refractivity (Wildman–Crippen MR) is 117 cm³/mol. The average molecular weight is 468 g/mol. The molecule has 2 amide bonds. The van der Waals surface area contributed by atoms with E-state index in [4.69, 9.17) is 11.6 Å². The van der Waals surface area contributed by atoms with Crippen molar-refractivity contribution in [3.05, 3.63) is 99.6 Å². The van der Waals surface area contributed by atoms with Crippen molar-refractivity contribution in [2.75, 3.05) is 4.90 Å². The summed E-state index contributed by atoms with van der Waals surface area (Å²) in [5.74, 6) is -2.81. The maximum Gasteiger partial charge on any atom is 0.416 e. The Hall–Kier alpha value is -3.12. The Labute approximate surface area is 192 Å². The van der Waals surface area contributed by atoms with Crippen LogP contribution >= 0.6 is 11.6 Å². The summed E-state index contributed by atoms with van der Waals surface area (Å²) >= 11 is 6.24. The highest BCUT2D eigenvalue weighted by molar-refractivity contribution is 6.36. The van der Waals surface area contributed by atoms with Crippen molar-refractivity contribution < 1.29 is 22.8 Å². The van der Waals surface area contributed by atoms with Crippen molar-refractivity contribution in [1.29, 1.82) is 0 Å². The number of amides is 2. The molecule has 0 saturated carbocycles. The Bertz CT molecular complexity index is 1320. The van der Waals surface area contributed by atoms with E-state index < -0.39 is 40.8 Å². The Morgan fingerprint density at radius 3 is 2.03 bits per heavy atom. The van der Waals surface area contributed by atoms with Gasteiger partial charge in [-0.2, -0.15) is 13.2 Å². The highest BCUT2D eigenvalue weighted by Crippen LogP contribution is 2.64. The molecule has 1 heterocycles. The van der Waals surface area contributed by atoms with Crippen LogP contribution in [0.25, 0.3) is 0 Å². The minimum Gasteiger partial charge on any atom is -0.274 e. The molecule has 3 aliphatic carbocycles. The predicted octanol–water partition coefficient (Wildman–Crippen LogP) is 5.93. The average Bonchev–Trinajstić information content (AvgIpc) is 3.05. The smallest absolute Gasteiger partial charge is 0.274 e. The van der Waals surface area contributed by atoms with Gasteiger partial charge in [0.15, 0.2) is 0 Å². The molecule has 0 N–H and O–H groups in total. The highest BCUT2D eigenvalue weighted by atomic mass is 35.5. The number of benzene rings is 3. The number of anilines is 1. The molecule has 3 aromatic carbocycles. The second kappa shape index (κ2) is 6.48. The molecule has 1 aliphatic heterocycles. The normalized spacial score (nSPS) is 27.4. The summed E-state index contributed by atoms with van der Waals surface area (Å²) in [6.45, 7) is 1.96. The number of alkyl halides is 3. The first kappa shape index (κ1) is 20.5. The van der Waals surface area contributed by atoms with Gasteiger partial charge in [-0.3, -0.25) is 9.59 Å². The van der Waals surface area contributed by atoms with Crippen molar-refractivity contribution >= 4 is 29.1 Å². The van der Waals surface area contributed by atoms with E-state index in [1.807, 2.05) is 55.5 Å². The van der Waals surface area contributed by atoms with E-state index in [0.29, 0.717) is 0 Å². The van der Waals surface area contributed by atoms with Crippen LogP contribution in [0.2, 0.25) is 5.02 Å². The Morgan fingerprint density at radius 1 is 0.879 bits per heavy atom. The van der Waals surface area contributed by atoms with Gasteiger partial charge in [0.25, 0.3) is 0 Å². The first-order valence-electron chi connectivity index (χ1n) is 10.6. The number of hydrogen-bond donors (Lipinski definition) is 0. The maximum atomic E-state index is 13.8. The van der Waals surface area contributed by atoms with Crippen LogP contribution < -0.4 is 4.90 Å².